The maximum Gasteiger partial charge on any atom is 0.195 e. The third-order valence-electron chi connectivity index (χ3n) is 2.80. The molecule has 2 saturated heterocycles. The molecule has 2 aliphatic heterocycles. The van der Waals surface area contributed by atoms with Gasteiger partial charge in [0.25, 0.3) is 0 Å². The van der Waals surface area contributed by atoms with Gasteiger partial charge in [-0.1, -0.05) is 6.92 Å². The van der Waals surface area contributed by atoms with Crippen LogP contribution in [-0.4, -0.2) is 41.9 Å². The third kappa shape index (κ3) is 0.925. The summed E-state index contributed by atoms with van der Waals surface area (Å²) in [7, 11) is 0. The number of aliphatic hydroxyl groups is 2. The molecule has 0 spiro atoms. The molecule has 3 unspecified atom stereocenters. The van der Waals surface area contributed by atoms with Crippen LogP contribution in [-0.2, 0) is 9.47 Å². The van der Waals surface area contributed by atoms with E-state index in [0.717, 1.165) is 0 Å². The molecule has 2 heterocycles. The molecule has 2 rings (SSSR count). The Bertz CT molecular complexity index is 171. The Kier molecular flexibility index (Phi) is 1.70. The summed E-state index contributed by atoms with van der Waals surface area (Å²) in [5, 5.41) is 18.8. The van der Waals surface area contributed by atoms with E-state index in [0.29, 0.717) is 19.6 Å². The lowest BCUT2D eigenvalue weighted by atomic mass is 9.75. The van der Waals surface area contributed by atoms with Gasteiger partial charge in [0.05, 0.1) is 19.8 Å². The lowest BCUT2D eigenvalue weighted by Crippen LogP contribution is -2.68. The fourth-order valence-corrected chi connectivity index (χ4v) is 1.77. The average molecular weight is 174 g/mol. The summed E-state index contributed by atoms with van der Waals surface area (Å²) in [6.45, 7) is 3.00. The predicted molar refractivity (Wildman–Crippen MR) is 40.5 cm³/mol. The second-order valence-corrected chi connectivity index (χ2v) is 3.95. The molecule has 4 heteroatoms. The second-order valence-electron chi connectivity index (χ2n) is 3.95. The lowest BCUT2D eigenvalue weighted by molar-refractivity contribution is -0.391. The van der Waals surface area contributed by atoms with Crippen molar-refractivity contribution >= 4 is 0 Å². The Labute approximate surface area is 71.1 Å². The van der Waals surface area contributed by atoms with E-state index in [9.17, 15) is 5.11 Å². The van der Waals surface area contributed by atoms with Crippen LogP contribution in [0, 0.1) is 5.41 Å². The maximum atomic E-state index is 9.74. The van der Waals surface area contributed by atoms with Crippen molar-refractivity contribution in [3.8, 4) is 0 Å². The number of ether oxygens (including phenoxy) is 2. The molecular formula is C8H14O4. The first kappa shape index (κ1) is 8.44. The monoisotopic (exact) mass is 174 g/mol. The molecule has 0 amide bonds. The van der Waals surface area contributed by atoms with Gasteiger partial charge in [0, 0.05) is 11.8 Å². The number of aliphatic hydroxyl groups excluding tert-OH is 1. The zero-order valence-electron chi connectivity index (χ0n) is 7.12. The van der Waals surface area contributed by atoms with Crippen molar-refractivity contribution in [3.63, 3.8) is 0 Å². The largest absolute Gasteiger partial charge is 0.396 e. The average Bonchev–Trinajstić information content (AvgIpc) is 1.98. The minimum absolute atomic E-state index is 0.0311. The Morgan fingerprint density at radius 2 is 2.25 bits per heavy atom. The van der Waals surface area contributed by atoms with Gasteiger partial charge in [0.15, 0.2) is 5.79 Å². The minimum atomic E-state index is -1.13. The van der Waals surface area contributed by atoms with E-state index in [1.54, 1.807) is 0 Å². The fourth-order valence-electron chi connectivity index (χ4n) is 1.77. The van der Waals surface area contributed by atoms with E-state index in [2.05, 4.69) is 0 Å². The van der Waals surface area contributed by atoms with Crippen LogP contribution in [0.3, 0.4) is 0 Å². The van der Waals surface area contributed by atoms with Crippen molar-refractivity contribution in [1.29, 1.82) is 0 Å². The zero-order valence-corrected chi connectivity index (χ0v) is 7.12. The van der Waals surface area contributed by atoms with Gasteiger partial charge in [0.1, 0.15) is 6.10 Å². The minimum Gasteiger partial charge on any atom is -0.396 e. The van der Waals surface area contributed by atoms with Gasteiger partial charge in [-0.3, -0.25) is 0 Å². The summed E-state index contributed by atoms with van der Waals surface area (Å²) in [6, 6.07) is 0. The topological polar surface area (TPSA) is 58.9 Å². The van der Waals surface area contributed by atoms with Gasteiger partial charge in [-0.15, -0.1) is 0 Å². The fraction of sp³-hybridized carbons (Fsp3) is 1.00. The molecule has 0 aliphatic carbocycles. The van der Waals surface area contributed by atoms with Crippen molar-refractivity contribution in [2.24, 2.45) is 5.41 Å². The van der Waals surface area contributed by atoms with Crippen molar-refractivity contribution in [2.75, 3.05) is 19.8 Å². The van der Waals surface area contributed by atoms with Crippen LogP contribution in [0.5, 0.6) is 0 Å². The molecule has 2 aliphatic rings. The highest BCUT2D eigenvalue weighted by Crippen LogP contribution is 2.45. The first-order valence-corrected chi connectivity index (χ1v) is 4.20. The van der Waals surface area contributed by atoms with E-state index >= 15 is 0 Å². The molecule has 0 saturated carbocycles. The second kappa shape index (κ2) is 2.42. The molecule has 0 aromatic heterocycles. The molecule has 0 aromatic carbocycles. The Hall–Kier alpha value is -0.160. The predicted octanol–water partition coefficient (Wildman–Crippen LogP) is -0.507. The van der Waals surface area contributed by atoms with E-state index < -0.39 is 5.79 Å². The van der Waals surface area contributed by atoms with Gasteiger partial charge >= 0.3 is 0 Å². The number of hydrogen-bond acceptors (Lipinski definition) is 4. The molecular weight excluding hydrogens is 160 g/mol. The first-order chi connectivity index (χ1) is 5.61. The van der Waals surface area contributed by atoms with E-state index in [1.807, 2.05) is 6.92 Å². The summed E-state index contributed by atoms with van der Waals surface area (Å²) >= 11 is 0. The van der Waals surface area contributed by atoms with Crippen LogP contribution in [0.1, 0.15) is 13.3 Å². The standard InChI is InChI=1S/C8H14O4/c1-7(4-9)5-11-6(7)8(10)2-3-12-8/h6,9-10H,2-5H2,1H3. The van der Waals surface area contributed by atoms with Gasteiger partial charge in [0.2, 0.25) is 0 Å². The van der Waals surface area contributed by atoms with Crippen LogP contribution in [0.2, 0.25) is 0 Å². The van der Waals surface area contributed by atoms with Crippen LogP contribution < -0.4 is 0 Å². The molecule has 4 nitrogen and oxygen atoms in total. The molecule has 3 atom stereocenters. The van der Waals surface area contributed by atoms with Crippen molar-refractivity contribution < 1.29 is 19.7 Å². The highest BCUT2D eigenvalue weighted by Gasteiger charge is 2.59. The van der Waals surface area contributed by atoms with Gasteiger partial charge < -0.3 is 19.7 Å². The van der Waals surface area contributed by atoms with Crippen molar-refractivity contribution in [1.82, 2.24) is 0 Å². The molecule has 2 fully saturated rings. The van der Waals surface area contributed by atoms with Crippen LogP contribution in [0.15, 0.2) is 0 Å². The van der Waals surface area contributed by atoms with E-state index in [-0.39, 0.29) is 18.1 Å². The summed E-state index contributed by atoms with van der Waals surface area (Å²) in [5.74, 6) is -1.13. The summed E-state index contributed by atoms with van der Waals surface area (Å²) in [6.07, 6.45) is 0.247. The van der Waals surface area contributed by atoms with Gasteiger partial charge in [-0.05, 0) is 0 Å². The third-order valence-corrected chi connectivity index (χ3v) is 2.80. The first-order valence-electron chi connectivity index (χ1n) is 4.20. The van der Waals surface area contributed by atoms with E-state index in [1.165, 1.54) is 0 Å². The van der Waals surface area contributed by atoms with Crippen LogP contribution >= 0.6 is 0 Å². The summed E-state index contributed by atoms with van der Waals surface area (Å²) in [4.78, 5) is 0. The normalized spacial score (nSPS) is 52.8. The summed E-state index contributed by atoms with van der Waals surface area (Å²) in [5.41, 5.74) is -0.324. The SMILES string of the molecule is CC1(CO)COC1C1(O)CCO1. The van der Waals surface area contributed by atoms with E-state index in [4.69, 9.17) is 14.6 Å². The molecule has 2 N–H and O–H groups in total. The lowest BCUT2D eigenvalue weighted by Gasteiger charge is -2.55. The van der Waals surface area contributed by atoms with Gasteiger partial charge in [-0.25, -0.2) is 0 Å². The highest BCUT2D eigenvalue weighted by atomic mass is 16.7. The summed E-state index contributed by atoms with van der Waals surface area (Å²) < 4.78 is 10.2. The Morgan fingerprint density at radius 3 is 2.50 bits per heavy atom. The zero-order chi connectivity index (χ0) is 8.82. The smallest absolute Gasteiger partial charge is 0.195 e. The molecule has 0 aromatic rings. The molecule has 0 bridgehead atoms. The van der Waals surface area contributed by atoms with Gasteiger partial charge in [-0.2, -0.15) is 0 Å². The highest BCUT2D eigenvalue weighted by molar-refractivity contribution is 5.01. The van der Waals surface area contributed by atoms with Crippen LogP contribution in [0.4, 0.5) is 0 Å². The van der Waals surface area contributed by atoms with Crippen molar-refractivity contribution in [3.05, 3.63) is 0 Å². The van der Waals surface area contributed by atoms with Crippen molar-refractivity contribution in [2.45, 2.75) is 25.2 Å². The Morgan fingerprint density at radius 1 is 1.58 bits per heavy atom. The molecule has 70 valence electrons. The maximum absolute atomic E-state index is 9.74. The molecule has 0 radical (unpaired) electrons. The Balaban J connectivity index is 2.05. The molecule has 12 heavy (non-hydrogen) atoms. The number of rotatable bonds is 2. The van der Waals surface area contributed by atoms with Crippen LogP contribution in [0.25, 0.3) is 0 Å². The quantitative estimate of drug-likeness (QED) is 0.592. The number of hydrogen-bond donors (Lipinski definition) is 2.